The molecular weight excluding hydrogens is 390 g/mol. The molecule has 31 heavy (non-hydrogen) atoms. The second kappa shape index (κ2) is 9.47. The van der Waals surface area contributed by atoms with Gasteiger partial charge in [0.15, 0.2) is 0 Å². The van der Waals surface area contributed by atoms with Crippen LogP contribution in [0, 0.1) is 0 Å². The van der Waals surface area contributed by atoms with Crippen LogP contribution in [-0.2, 0) is 17.8 Å². The molecule has 7 nitrogen and oxygen atoms in total. The summed E-state index contributed by atoms with van der Waals surface area (Å²) in [4.78, 5) is 25.6. The van der Waals surface area contributed by atoms with E-state index >= 15 is 0 Å². The van der Waals surface area contributed by atoms with Crippen molar-refractivity contribution in [3.8, 4) is 5.75 Å². The number of nitrogens with zero attached hydrogens (tertiary/aromatic N) is 4. The Kier molecular flexibility index (Phi) is 6.31. The van der Waals surface area contributed by atoms with Crippen molar-refractivity contribution in [2.45, 2.75) is 19.4 Å². The Morgan fingerprint density at radius 2 is 1.81 bits per heavy atom. The summed E-state index contributed by atoms with van der Waals surface area (Å²) in [5.41, 5.74) is 3.07. The number of carbonyl (C=O) groups excluding carboxylic acids is 1. The predicted molar refractivity (Wildman–Crippen MR) is 123 cm³/mol. The molecule has 0 bridgehead atoms. The number of methoxy groups -OCH3 is 1. The number of likely N-dealkylation sites (N-methyl/N-ethyl adjacent to an activating group) is 1. The Morgan fingerprint density at radius 3 is 2.55 bits per heavy atom. The Balaban J connectivity index is 1.52. The van der Waals surface area contributed by atoms with E-state index in [1.165, 1.54) is 5.56 Å². The highest BCUT2D eigenvalue weighted by atomic mass is 16.5. The maximum Gasteiger partial charge on any atom is 0.246 e. The largest absolute Gasteiger partial charge is 0.497 e. The van der Waals surface area contributed by atoms with Crippen molar-refractivity contribution in [1.29, 1.82) is 0 Å². The Labute approximate surface area is 182 Å². The number of aromatic nitrogens is 2. The molecule has 1 aliphatic rings. The molecular formula is C24H27N5O2. The topological polar surface area (TPSA) is 70.6 Å². The van der Waals surface area contributed by atoms with Crippen LogP contribution in [0.4, 0.5) is 17.3 Å². The molecule has 0 spiro atoms. The van der Waals surface area contributed by atoms with Gasteiger partial charge >= 0.3 is 0 Å². The molecule has 0 saturated heterocycles. The van der Waals surface area contributed by atoms with E-state index in [0.29, 0.717) is 6.54 Å². The fourth-order valence-electron chi connectivity index (χ4n) is 3.78. The molecule has 0 radical (unpaired) electrons. The van der Waals surface area contributed by atoms with E-state index in [9.17, 15) is 4.79 Å². The average Bonchev–Trinajstić information content (AvgIpc) is 2.93. The maximum atomic E-state index is 13.0. The molecule has 0 aliphatic carbocycles. The number of hydrogen-bond donors (Lipinski definition) is 1. The van der Waals surface area contributed by atoms with Gasteiger partial charge < -0.3 is 19.9 Å². The molecule has 4 rings (SSSR count). The van der Waals surface area contributed by atoms with Gasteiger partial charge in [-0.15, -0.1) is 0 Å². The lowest BCUT2D eigenvalue weighted by molar-refractivity contribution is -0.117. The number of hydrogen-bond acceptors (Lipinski definition) is 6. The van der Waals surface area contributed by atoms with Gasteiger partial charge in [-0.1, -0.05) is 30.3 Å². The Morgan fingerprint density at radius 1 is 1.03 bits per heavy atom. The van der Waals surface area contributed by atoms with Crippen LogP contribution >= 0.6 is 0 Å². The lowest BCUT2D eigenvalue weighted by Crippen LogP contribution is -2.35. The van der Waals surface area contributed by atoms with Gasteiger partial charge in [-0.2, -0.15) is 0 Å². The van der Waals surface area contributed by atoms with Gasteiger partial charge in [0.25, 0.3) is 0 Å². The van der Waals surface area contributed by atoms with Gasteiger partial charge in [0.1, 0.15) is 23.7 Å². The highest BCUT2D eigenvalue weighted by Gasteiger charge is 2.28. The Hall–Kier alpha value is -3.61. The first kappa shape index (κ1) is 20.7. The van der Waals surface area contributed by atoms with Crippen LogP contribution in [0.1, 0.15) is 17.5 Å². The van der Waals surface area contributed by atoms with Crippen LogP contribution in [0.15, 0.2) is 60.9 Å². The van der Waals surface area contributed by atoms with E-state index in [2.05, 4.69) is 39.6 Å². The van der Waals surface area contributed by atoms with Crippen LogP contribution in [0.5, 0.6) is 5.75 Å². The van der Waals surface area contributed by atoms with Crippen molar-refractivity contribution < 1.29 is 9.53 Å². The first-order valence-electron chi connectivity index (χ1n) is 10.4. The van der Waals surface area contributed by atoms with E-state index in [0.717, 1.165) is 48.0 Å². The summed E-state index contributed by atoms with van der Waals surface area (Å²) in [5.74, 6) is 2.33. The number of carbonyl (C=O) groups is 1. The number of nitrogens with one attached hydrogen (secondary N) is 1. The second-order valence-corrected chi connectivity index (χ2v) is 7.57. The highest BCUT2D eigenvalue weighted by molar-refractivity contribution is 5.97. The number of fused-ring (bicyclic) bond motifs is 1. The third-order valence-corrected chi connectivity index (χ3v) is 5.44. The zero-order valence-corrected chi connectivity index (χ0v) is 17.9. The van der Waals surface area contributed by atoms with Crippen LogP contribution < -0.4 is 19.9 Å². The summed E-state index contributed by atoms with van der Waals surface area (Å²) in [6.07, 6.45) is 3.54. The Bertz CT molecular complexity index is 1020. The highest BCUT2D eigenvalue weighted by Crippen LogP contribution is 2.30. The van der Waals surface area contributed by atoms with E-state index < -0.39 is 0 Å². The monoisotopic (exact) mass is 417 g/mol. The van der Waals surface area contributed by atoms with Crippen LogP contribution in [0.3, 0.4) is 0 Å². The van der Waals surface area contributed by atoms with Gasteiger partial charge in [0, 0.05) is 19.3 Å². The average molecular weight is 418 g/mol. The minimum atomic E-state index is 0.0145. The summed E-state index contributed by atoms with van der Waals surface area (Å²) in [6.45, 7) is 1.45. The molecule has 0 unspecified atom stereocenters. The predicted octanol–water partition coefficient (Wildman–Crippen LogP) is 3.51. The molecule has 160 valence electrons. The zero-order chi connectivity index (χ0) is 21.6. The van der Waals surface area contributed by atoms with Crippen molar-refractivity contribution in [1.82, 2.24) is 9.97 Å². The number of ether oxygens (including phenoxy) is 1. The summed E-state index contributed by atoms with van der Waals surface area (Å²) >= 11 is 0. The normalized spacial score (nSPS) is 13.5. The van der Waals surface area contributed by atoms with E-state index in [4.69, 9.17) is 4.74 Å². The fraction of sp³-hybridized carbons (Fsp3) is 0.292. The number of anilines is 3. The summed E-state index contributed by atoms with van der Waals surface area (Å²) in [6, 6.07) is 18.0. The molecule has 2 aromatic carbocycles. The maximum absolute atomic E-state index is 13.0. The standard InChI is InChI=1S/C24H27N5O2/c1-28-16-22(30)29(19-10-12-20(31-2)13-11-19)15-21-23(26-17-27-24(21)28)25-14-6-9-18-7-4-3-5-8-18/h3-5,7-8,10-13,17H,6,9,14-16H2,1-2H3,(H,25,26,27). The number of benzene rings is 2. The van der Waals surface area contributed by atoms with Crippen molar-refractivity contribution in [3.05, 3.63) is 72.1 Å². The van der Waals surface area contributed by atoms with Crippen LogP contribution in [0.25, 0.3) is 0 Å². The van der Waals surface area contributed by atoms with Crippen LogP contribution in [-0.4, -0.2) is 43.1 Å². The first-order chi connectivity index (χ1) is 15.2. The minimum absolute atomic E-state index is 0.0145. The fourth-order valence-corrected chi connectivity index (χ4v) is 3.78. The molecule has 1 N–H and O–H groups in total. The van der Waals surface area contributed by atoms with Crippen molar-refractivity contribution in [3.63, 3.8) is 0 Å². The lowest BCUT2D eigenvalue weighted by Gasteiger charge is -2.22. The molecule has 0 saturated carbocycles. The minimum Gasteiger partial charge on any atom is -0.497 e. The summed E-state index contributed by atoms with van der Waals surface area (Å²) in [5, 5.41) is 3.46. The number of amides is 1. The van der Waals surface area contributed by atoms with Gasteiger partial charge in [-0.05, 0) is 42.7 Å². The molecule has 1 amide bonds. The third kappa shape index (κ3) is 4.77. The molecule has 7 heteroatoms. The van der Waals surface area contributed by atoms with Crippen molar-refractivity contribution >= 4 is 23.2 Å². The van der Waals surface area contributed by atoms with Gasteiger partial charge in [0.2, 0.25) is 5.91 Å². The van der Waals surface area contributed by atoms with Gasteiger partial charge in [-0.3, -0.25) is 4.79 Å². The third-order valence-electron chi connectivity index (χ3n) is 5.44. The lowest BCUT2D eigenvalue weighted by atomic mass is 10.1. The van der Waals surface area contributed by atoms with Crippen molar-refractivity contribution in [2.24, 2.45) is 0 Å². The van der Waals surface area contributed by atoms with Crippen molar-refractivity contribution in [2.75, 3.05) is 42.4 Å². The molecule has 0 atom stereocenters. The van der Waals surface area contributed by atoms with E-state index in [-0.39, 0.29) is 12.5 Å². The quantitative estimate of drug-likeness (QED) is 0.593. The smallest absolute Gasteiger partial charge is 0.246 e. The van der Waals surface area contributed by atoms with Crippen LogP contribution in [0.2, 0.25) is 0 Å². The molecule has 2 heterocycles. The summed E-state index contributed by atoms with van der Waals surface area (Å²) < 4.78 is 5.25. The second-order valence-electron chi connectivity index (χ2n) is 7.57. The first-order valence-corrected chi connectivity index (χ1v) is 10.4. The molecule has 1 aromatic heterocycles. The molecule has 3 aromatic rings. The molecule has 0 fully saturated rings. The van der Waals surface area contributed by atoms with E-state index in [1.54, 1.807) is 18.3 Å². The summed E-state index contributed by atoms with van der Waals surface area (Å²) in [7, 11) is 3.52. The number of aryl methyl sites for hydroxylation is 1. The SMILES string of the molecule is COc1ccc(N2Cc3c(NCCCc4ccccc4)ncnc3N(C)CC2=O)cc1. The molecule has 1 aliphatic heterocycles. The van der Waals surface area contributed by atoms with Gasteiger partial charge in [-0.25, -0.2) is 9.97 Å². The van der Waals surface area contributed by atoms with Gasteiger partial charge in [0.05, 0.1) is 25.8 Å². The van der Waals surface area contributed by atoms with E-state index in [1.807, 2.05) is 42.3 Å². The zero-order valence-electron chi connectivity index (χ0n) is 17.9. The number of rotatable bonds is 7.